The summed E-state index contributed by atoms with van der Waals surface area (Å²) in [4.78, 5) is 16.3. The van der Waals surface area contributed by atoms with Gasteiger partial charge in [-0.05, 0) is 41.1 Å². The van der Waals surface area contributed by atoms with E-state index in [-0.39, 0.29) is 6.61 Å². The monoisotopic (exact) mass is 359 g/mol. The third kappa shape index (κ3) is 4.60. The number of esters is 1. The molecule has 9 heteroatoms. The third-order valence-electron chi connectivity index (χ3n) is 3.33. The minimum Gasteiger partial charge on any atom is -0.487 e. The van der Waals surface area contributed by atoms with Crippen molar-refractivity contribution in [3.63, 3.8) is 0 Å². The Morgan fingerprint density at radius 3 is 2.80 bits per heavy atom. The van der Waals surface area contributed by atoms with Gasteiger partial charge in [-0.25, -0.2) is 14.5 Å². The number of aromatic nitrogens is 5. The number of carbonyl (C=O) groups is 1. The molecular weight excluding hydrogens is 342 g/mol. The van der Waals surface area contributed by atoms with Crippen molar-refractivity contribution in [3.8, 4) is 5.75 Å². The minimum atomic E-state index is -0.433. The lowest BCUT2D eigenvalue weighted by Crippen LogP contribution is -2.11. The Morgan fingerprint density at radius 1 is 1.24 bits per heavy atom. The fourth-order valence-corrected chi connectivity index (χ4v) is 2.62. The van der Waals surface area contributed by atoms with Gasteiger partial charge in [0.15, 0.2) is 12.4 Å². The Labute approximate surface area is 148 Å². The second-order valence-corrected chi connectivity index (χ2v) is 5.91. The molecule has 0 unspecified atom stereocenters. The van der Waals surface area contributed by atoms with E-state index in [1.807, 2.05) is 12.3 Å². The largest absolute Gasteiger partial charge is 0.487 e. The number of ether oxygens (including phenoxy) is 2. The second-order valence-electron chi connectivity index (χ2n) is 5.19. The van der Waals surface area contributed by atoms with E-state index in [0.717, 1.165) is 12.1 Å². The molecule has 0 atom stereocenters. The first-order valence-corrected chi connectivity index (χ1v) is 8.72. The molecule has 0 N–H and O–H groups in total. The number of rotatable bonds is 8. The van der Waals surface area contributed by atoms with Crippen LogP contribution in [-0.4, -0.2) is 31.2 Å². The van der Waals surface area contributed by atoms with E-state index in [9.17, 15) is 4.79 Å². The average molecular weight is 359 g/mol. The summed E-state index contributed by atoms with van der Waals surface area (Å²) in [5.74, 6) is 0.756. The molecule has 0 saturated carbocycles. The van der Waals surface area contributed by atoms with Gasteiger partial charge in [0, 0.05) is 11.9 Å². The number of nitrogens with zero attached hydrogens (tertiary/aromatic N) is 5. The van der Waals surface area contributed by atoms with Crippen LogP contribution >= 0.6 is 11.3 Å². The summed E-state index contributed by atoms with van der Waals surface area (Å²) in [6, 6.07) is 6.77. The zero-order valence-electron chi connectivity index (χ0n) is 13.7. The van der Waals surface area contributed by atoms with Crippen molar-refractivity contribution in [1.29, 1.82) is 0 Å². The van der Waals surface area contributed by atoms with Gasteiger partial charge in [0.1, 0.15) is 12.4 Å². The number of tetrazole rings is 1. The van der Waals surface area contributed by atoms with E-state index < -0.39 is 5.97 Å². The average Bonchev–Trinajstić information content (AvgIpc) is 3.30. The van der Waals surface area contributed by atoms with Crippen LogP contribution in [0.1, 0.15) is 35.2 Å². The smallest absolute Gasteiger partial charge is 0.338 e. The predicted molar refractivity (Wildman–Crippen MR) is 90.1 cm³/mol. The van der Waals surface area contributed by atoms with Gasteiger partial charge in [-0.3, -0.25) is 0 Å². The molecule has 1 aromatic carbocycles. The van der Waals surface area contributed by atoms with Gasteiger partial charge < -0.3 is 9.47 Å². The molecule has 0 fully saturated rings. The maximum absolute atomic E-state index is 12.1. The summed E-state index contributed by atoms with van der Waals surface area (Å²) in [5.41, 5.74) is 3.07. The minimum absolute atomic E-state index is 0.0356. The van der Waals surface area contributed by atoms with Gasteiger partial charge in [-0.2, -0.15) is 0 Å². The second kappa shape index (κ2) is 8.34. The highest BCUT2D eigenvalue weighted by atomic mass is 32.1. The van der Waals surface area contributed by atoms with Crippen molar-refractivity contribution < 1.29 is 14.3 Å². The van der Waals surface area contributed by atoms with Gasteiger partial charge in [0.25, 0.3) is 0 Å². The molecule has 3 aromatic rings. The molecule has 0 bridgehead atoms. The highest BCUT2D eigenvalue weighted by Crippen LogP contribution is 2.15. The van der Waals surface area contributed by atoms with E-state index in [4.69, 9.17) is 9.47 Å². The summed E-state index contributed by atoms with van der Waals surface area (Å²) < 4.78 is 12.5. The van der Waals surface area contributed by atoms with Gasteiger partial charge in [0.05, 0.1) is 16.8 Å². The number of hydrogen-bond donors (Lipinski definition) is 0. The highest BCUT2D eigenvalue weighted by molar-refractivity contribution is 7.07. The molecule has 0 aliphatic heterocycles. The van der Waals surface area contributed by atoms with E-state index in [2.05, 4.69) is 20.5 Å². The van der Waals surface area contributed by atoms with Crippen molar-refractivity contribution in [2.75, 3.05) is 0 Å². The molecule has 25 heavy (non-hydrogen) atoms. The summed E-state index contributed by atoms with van der Waals surface area (Å²) in [6.45, 7) is 3.14. The number of benzene rings is 1. The van der Waals surface area contributed by atoms with Gasteiger partial charge in [-0.15, -0.1) is 16.4 Å². The SMILES string of the molecule is CCCn1nnnc1COC(=O)c1ccc(OCc2cscn2)cc1. The maximum atomic E-state index is 12.1. The third-order valence-corrected chi connectivity index (χ3v) is 3.97. The first-order chi connectivity index (χ1) is 12.3. The van der Waals surface area contributed by atoms with Crippen LogP contribution in [0.25, 0.3) is 0 Å². The molecule has 0 saturated heterocycles. The van der Waals surface area contributed by atoms with Crippen molar-refractivity contribution in [2.24, 2.45) is 0 Å². The van der Waals surface area contributed by atoms with Gasteiger partial charge >= 0.3 is 5.97 Å². The molecule has 3 rings (SSSR count). The Hall–Kier alpha value is -2.81. The van der Waals surface area contributed by atoms with Crippen LogP contribution in [-0.2, 0) is 24.5 Å². The van der Waals surface area contributed by atoms with Crippen LogP contribution in [0, 0.1) is 0 Å². The summed E-state index contributed by atoms with van der Waals surface area (Å²) in [6.07, 6.45) is 0.897. The zero-order valence-corrected chi connectivity index (χ0v) is 14.5. The predicted octanol–water partition coefficient (Wildman–Crippen LogP) is 2.48. The van der Waals surface area contributed by atoms with Crippen LogP contribution in [0.5, 0.6) is 5.75 Å². The molecule has 8 nitrogen and oxygen atoms in total. The lowest BCUT2D eigenvalue weighted by Gasteiger charge is -2.07. The van der Waals surface area contributed by atoms with Crippen LogP contribution in [0.15, 0.2) is 35.2 Å². The quantitative estimate of drug-likeness (QED) is 0.570. The van der Waals surface area contributed by atoms with Gasteiger partial charge in [0.2, 0.25) is 0 Å². The van der Waals surface area contributed by atoms with Crippen molar-refractivity contribution in [1.82, 2.24) is 25.2 Å². The summed E-state index contributed by atoms with van der Waals surface area (Å²) in [5, 5.41) is 13.2. The molecule has 0 radical (unpaired) electrons. The van der Waals surface area contributed by atoms with E-state index >= 15 is 0 Å². The molecule has 0 amide bonds. The molecule has 0 aliphatic carbocycles. The van der Waals surface area contributed by atoms with Crippen molar-refractivity contribution in [3.05, 3.63) is 52.2 Å². The fourth-order valence-electron chi connectivity index (χ4n) is 2.08. The Bertz CT molecular complexity index is 802. The Kier molecular flexibility index (Phi) is 5.68. The highest BCUT2D eigenvalue weighted by Gasteiger charge is 2.11. The number of aryl methyl sites for hydroxylation is 1. The molecule has 0 aliphatic rings. The maximum Gasteiger partial charge on any atom is 0.338 e. The van der Waals surface area contributed by atoms with Crippen molar-refractivity contribution in [2.45, 2.75) is 33.1 Å². The van der Waals surface area contributed by atoms with Crippen LogP contribution in [0.2, 0.25) is 0 Å². The lowest BCUT2D eigenvalue weighted by molar-refractivity contribution is 0.0456. The Morgan fingerprint density at radius 2 is 2.08 bits per heavy atom. The number of hydrogen-bond acceptors (Lipinski definition) is 8. The van der Waals surface area contributed by atoms with Crippen LogP contribution in [0.3, 0.4) is 0 Å². The van der Waals surface area contributed by atoms with Crippen LogP contribution < -0.4 is 4.74 Å². The normalized spacial score (nSPS) is 10.6. The molecular formula is C16H17N5O3S. The van der Waals surface area contributed by atoms with E-state index in [1.54, 1.807) is 34.5 Å². The molecule has 0 spiro atoms. The van der Waals surface area contributed by atoms with Crippen molar-refractivity contribution >= 4 is 17.3 Å². The summed E-state index contributed by atoms with van der Waals surface area (Å²) in [7, 11) is 0. The number of carbonyl (C=O) groups excluding carboxylic acids is 1. The number of thiazole rings is 1. The van der Waals surface area contributed by atoms with E-state index in [1.165, 1.54) is 11.3 Å². The summed E-state index contributed by atoms with van der Waals surface area (Å²) >= 11 is 1.52. The Balaban J connectivity index is 1.52. The first kappa shape index (κ1) is 17.0. The van der Waals surface area contributed by atoms with Crippen LogP contribution in [0.4, 0.5) is 0 Å². The van der Waals surface area contributed by atoms with Gasteiger partial charge in [-0.1, -0.05) is 6.92 Å². The lowest BCUT2D eigenvalue weighted by atomic mass is 10.2. The molecule has 2 aromatic heterocycles. The molecule has 130 valence electrons. The molecule has 2 heterocycles. The fraction of sp³-hybridized carbons (Fsp3) is 0.312. The first-order valence-electron chi connectivity index (χ1n) is 7.78. The standard InChI is InChI=1S/C16H17N5O3S/c1-2-7-21-15(18-19-20-21)9-24-16(22)12-3-5-14(6-4-12)23-8-13-10-25-11-17-13/h3-6,10-11H,2,7-9H2,1H3. The topological polar surface area (TPSA) is 92.0 Å². The zero-order chi connectivity index (χ0) is 17.5. The van der Waals surface area contributed by atoms with E-state index in [0.29, 0.717) is 30.3 Å².